The van der Waals surface area contributed by atoms with Gasteiger partial charge in [0.25, 0.3) is 0 Å². The van der Waals surface area contributed by atoms with Gasteiger partial charge < -0.3 is 11.1 Å². The van der Waals surface area contributed by atoms with Gasteiger partial charge in [-0.3, -0.25) is 10.1 Å². The quantitative estimate of drug-likeness (QED) is 0.615. The molecule has 0 unspecified atom stereocenters. The molecule has 0 radical (unpaired) electrons. The number of nitrogens with two attached hydrogens (primary N) is 1. The van der Waals surface area contributed by atoms with E-state index in [0.29, 0.717) is 5.69 Å². The molecule has 6 heteroatoms. The van der Waals surface area contributed by atoms with E-state index < -0.39 is 0 Å². The summed E-state index contributed by atoms with van der Waals surface area (Å²) in [7, 11) is 0. The van der Waals surface area contributed by atoms with Crippen molar-refractivity contribution in [3.63, 3.8) is 0 Å². The molecule has 0 atom stereocenters. The molecule has 3 rings (SSSR count). The van der Waals surface area contributed by atoms with Crippen molar-refractivity contribution >= 4 is 22.3 Å². The van der Waals surface area contributed by atoms with E-state index in [1.807, 2.05) is 24.3 Å². The first kappa shape index (κ1) is 11.5. The van der Waals surface area contributed by atoms with Crippen LogP contribution in [0, 0.1) is 0 Å². The normalized spacial score (nSPS) is 10.7. The number of anilines is 2. The van der Waals surface area contributed by atoms with Crippen LogP contribution in [0.2, 0.25) is 0 Å². The number of nitrogen functional groups attached to an aromatic ring is 1. The molecule has 0 saturated carbocycles. The molecule has 0 fully saturated rings. The Kier molecular flexibility index (Phi) is 2.97. The van der Waals surface area contributed by atoms with Crippen molar-refractivity contribution in [2.24, 2.45) is 0 Å². The molecule has 3 aromatic rings. The molecule has 2 aromatic heterocycles. The summed E-state index contributed by atoms with van der Waals surface area (Å²) in [5, 5.41) is 11.1. The van der Waals surface area contributed by atoms with Gasteiger partial charge >= 0.3 is 0 Å². The molecular formula is C13H14N6. The van der Waals surface area contributed by atoms with Gasteiger partial charge in [0.2, 0.25) is 0 Å². The van der Waals surface area contributed by atoms with Gasteiger partial charge in [-0.2, -0.15) is 5.10 Å². The van der Waals surface area contributed by atoms with E-state index in [2.05, 4.69) is 25.5 Å². The number of pyridine rings is 1. The average molecular weight is 254 g/mol. The molecule has 4 N–H and O–H groups in total. The second-order valence-electron chi connectivity index (χ2n) is 4.21. The first-order chi connectivity index (χ1) is 9.34. The van der Waals surface area contributed by atoms with Crippen molar-refractivity contribution < 1.29 is 0 Å². The third-order valence-electron chi connectivity index (χ3n) is 2.94. The summed E-state index contributed by atoms with van der Waals surface area (Å²) in [4.78, 5) is 8.39. The number of aromatic nitrogens is 4. The molecule has 1 aromatic carbocycles. The van der Waals surface area contributed by atoms with Gasteiger partial charge in [-0.25, -0.2) is 4.98 Å². The molecule has 0 bridgehead atoms. The third kappa shape index (κ3) is 2.33. The van der Waals surface area contributed by atoms with Crippen LogP contribution in [0.4, 0.5) is 11.4 Å². The lowest BCUT2D eigenvalue weighted by molar-refractivity contribution is 0.902. The van der Waals surface area contributed by atoms with Gasteiger partial charge in [0, 0.05) is 30.2 Å². The van der Waals surface area contributed by atoms with Crippen molar-refractivity contribution in [2.75, 3.05) is 17.6 Å². The number of rotatable bonds is 4. The standard InChI is InChI=1S/C13H14N6/c14-10-3-4-11(9-2-1-6-16-13(9)10)15-7-5-12-17-8-18-19-12/h1-4,6,8,15H,5,7,14H2,(H,17,18,19). The van der Waals surface area contributed by atoms with Crippen LogP contribution in [-0.4, -0.2) is 26.7 Å². The van der Waals surface area contributed by atoms with Crippen molar-refractivity contribution in [1.29, 1.82) is 0 Å². The van der Waals surface area contributed by atoms with Crippen LogP contribution in [0.1, 0.15) is 5.82 Å². The Balaban J connectivity index is 1.79. The highest BCUT2D eigenvalue weighted by Gasteiger charge is 2.04. The number of benzene rings is 1. The van der Waals surface area contributed by atoms with Gasteiger partial charge in [-0.1, -0.05) is 0 Å². The number of hydrogen-bond donors (Lipinski definition) is 3. The highest BCUT2D eigenvalue weighted by molar-refractivity contribution is 5.98. The molecule has 0 aliphatic heterocycles. The van der Waals surface area contributed by atoms with Gasteiger partial charge in [0.1, 0.15) is 12.2 Å². The molecule has 0 saturated heterocycles. The number of nitrogens with one attached hydrogen (secondary N) is 2. The summed E-state index contributed by atoms with van der Waals surface area (Å²) < 4.78 is 0. The summed E-state index contributed by atoms with van der Waals surface area (Å²) in [6.45, 7) is 0.767. The van der Waals surface area contributed by atoms with Crippen molar-refractivity contribution in [2.45, 2.75) is 6.42 Å². The van der Waals surface area contributed by atoms with Crippen molar-refractivity contribution in [1.82, 2.24) is 20.2 Å². The lowest BCUT2D eigenvalue weighted by Crippen LogP contribution is -2.07. The summed E-state index contributed by atoms with van der Waals surface area (Å²) >= 11 is 0. The maximum Gasteiger partial charge on any atom is 0.137 e. The van der Waals surface area contributed by atoms with Crippen LogP contribution in [0.5, 0.6) is 0 Å². The molecule has 96 valence electrons. The smallest absolute Gasteiger partial charge is 0.137 e. The van der Waals surface area contributed by atoms with E-state index in [1.165, 1.54) is 6.33 Å². The zero-order chi connectivity index (χ0) is 13.1. The fourth-order valence-corrected chi connectivity index (χ4v) is 2.02. The fraction of sp³-hybridized carbons (Fsp3) is 0.154. The maximum absolute atomic E-state index is 5.92. The lowest BCUT2D eigenvalue weighted by atomic mass is 10.1. The van der Waals surface area contributed by atoms with Crippen LogP contribution in [-0.2, 0) is 6.42 Å². The predicted octanol–water partition coefficient (Wildman–Crippen LogP) is 1.59. The zero-order valence-corrected chi connectivity index (χ0v) is 10.3. The molecule has 2 heterocycles. The third-order valence-corrected chi connectivity index (χ3v) is 2.94. The summed E-state index contributed by atoms with van der Waals surface area (Å²) in [5.41, 5.74) is 8.46. The van der Waals surface area contributed by atoms with Gasteiger partial charge in [0.15, 0.2) is 0 Å². The second kappa shape index (κ2) is 4.93. The van der Waals surface area contributed by atoms with E-state index in [-0.39, 0.29) is 0 Å². The number of fused-ring (bicyclic) bond motifs is 1. The van der Waals surface area contributed by atoms with E-state index in [1.54, 1.807) is 6.20 Å². The number of aromatic amines is 1. The topological polar surface area (TPSA) is 92.5 Å². The summed E-state index contributed by atoms with van der Waals surface area (Å²) in [6.07, 6.45) is 4.04. The Morgan fingerprint density at radius 3 is 3.00 bits per heavy atom. The first-order valence-corrected chi connectivity index (χ1v) is 6.06. The minimum atomic E-state index is 0.691. The molecule has 6 nitrogen and oxygen atoms in total. The fourth-order valence-electron chi connectivity index (χ4n) is 2.02. The van der Waals surface area contributed by atoms with Gasteiger partial charge in [-0.05, 0) is 24.3 Å². The molecule has 0 amide bonds. The summed E-state index contributed by atoms with van der Waals surface area (Å²) in [5.74, 6) is 0.866. The monoisotopic (exact) mass is 254 g/mol. The van der Waals surface area contributed by atoms with Gasteiger partial charge in [0.05, 0.1) is 11.2 Å². The Hall–Kier alpha value is -2.63. The van der Waals surface area contributed by atoms with E-state index in [4.69, 9.17) is 5.73 Å². The maximum atomic E-state index is 5.92. The van der Waals surface area contributed by atoms with Crippen molar-refractivity contribution in [3.05, 3.63) is 42.6 Å². The van der Waals surface area contributed by atoms with Crippen LogP contribution in [0.3, 0.4) is 0 Å². The minimum absolute atomic E-state index is 0.691. The van der Waals surface area contributed by atoms with Crippen LogP contribution in [0.15, 0.2) is 36.8 Å². The van der Waals surface area contributed by atoms with Gasteiger partial charge in [-0.15, -0.1) is 0 Å². The van der Waals surface area contributed by atoms with E-state index in [9.17, 15) is 0 Å². The summed E-state index contributed by atoms with van der Waals surface area (Å²) in [6, 6.07) is 7.75. The first-order valence-electron chi connectivity index (χ1n) is 6.06. The largest absolute Gasteiger partial charge is 0.397 e. The number of nitrogens with zero attached hydrogens (tertiary/aromatic N) is 3. The number of hydrogen-bond acceptors (Lipinski definition) is 5. The van der Waals surface area contributed by atoms with Crippen LogP contribution < -0.4 is 11.1 Å². The van der Waals surface area contributed by atoms with Crippen LogP contribution >= 0.6 is 0 Å². The average Bonchev–Trinajstić information content (AvgIpc) is 2.95. The molecule has 19 heavy (non-hydrogen) atoms. The Labute approximate surface area is 110 Å². The molecule has 0 spiro atoms. The van der Waals surface area contributed by atoms with Crippen molar-refractivity contribution in [3.8, 4) is 0 Å². The van der Waals surface area contributed by atoms with Crippen LogP contribution in [0.25, 0.3) is 10.9 Å². The van der Waals surface area contributed by atoms with E-state index in [0.717, 1.165) is 35.4 Å². The SMILES string of the molecule is Nc1ccc(NCCc2ncn[nH]2)c2cccnc12. The molecule has 0 aliphatic carbocycles. The minimum Gasteiger partial charge on any atom is -0.397 e. The molecular weight excluding hydrogens is 240 g/mol. The lowest BCUT2D eigenvalue weighted by Gasteiger charge is -2.10. The Bertz CT molecular complexity index is 677. The zero-order valence-electron chi connectivity index (χ0n) is 10.3. The Morgan fingerprint density at radius 1 is 1.21 bits per heavy atom. The highest BCUT2D eigenvalue weighted by atomic mass is 15.2. The van der Waals surface area contributed by atoms with E-state index >= 15 is 0 Å². The Morgan fingerprint density at radius 2 is 2.16 bits per heavy atom. The second-order valence-corrected chi connectivity index (χ2v) is 4.21. The predicted molar refractivity (Wildman–Crippen MR) is 74.7 cm³/mol. The number of H-pyrrole nitrogens is 1. The highest BCUT2D eigenvalue weighted by Crippen LogP contribution is 2.26. The molecule has 0 aliphatic rings.